The quantitative estimate of drug-likeness (QED) is 0.866. The summed E-state index contributed by atoms with van der Waals surface area (Å²) in [6.07, 6.45) is 4.46. The Morgan fingerprint density at radius 2 is 1.76 bits per heavy atom. The van der Waals surface area contributed by atoms with Crippen LogP contribution in [0.5, 0.6) is 0 Å². The number of carboxylic acid groups (broad SMARTS) is 1. The monoisotopic (exact) mass is 232 g/mol. The van der Waals surface area contributed by atoms with E-state index in [1.807, 2.05) is 6.07 Å². The molecule has 1 aromatic rings. The fourth-order valence-electron chi connectivity index (χ4n) is 2.98. The van der Waals surface area contributed by atoms with E-state index in [0.717, 1.165) is 25.7 Å². The van der Waals surface area contributed by atoms with Gasteiger partial charge in [-0.3, -0.25) is 4.79 Å². The summed E-state index contributed by atoms with van der Waals surface area (Å²) >= 11 is 0. The third kappa shape index (κ3) is 2.21. The number of aliphatic carboxylic acids is 1. The molecule has 0 radical (unpaired) electrons. The highest BCUT2D eigenvalue weighted by Crippen LogP contribution is 2.42. The second-order valence-corrected chi connectivity index (χ2v) is 5.34. The van der Waals surface area contributed by atoms with Crippen LogP contribution in [0.25, 0.3) is 0 Å². The molecule has 0 bridgehead atoms. The second kappa shape index (κ2) is 4.52. The number of benzene rings is 1. The van der Waals surface area contributed by atoms with E-state index in [1.165, 1.54) is 16.7 Å². The van der Waals surface area contributed by atoms with Gasteiger partial charge in [0.1, 0.15) is 0 Å². The molecule has 1 aliphatic carbocycles. The van der Waals surface area contributed by atoms with Gasteiger partial charge in [-0.2, -0.15) is 0 Å². The first-order chi connectivity index (χ1) is 8.05. The molecule has 1 aromatic carbocycles. The van der Waals surface area contributed by atoms with Crippen molar-refractivity contribution in [3.8, 4) is 0 Å². The number of hydrogen-bond donors (Lipinski definition) is 1. The van der Waals surface area contributed by atoms with Gasteiger partial charge in [-0.05, 0) is 49.8 Å². The van der Waals surface area contributed by atoms with Gasteiger partial charge in [0.2, 0.25) is 0 Å². The average Bonchev–Trinajstić information content (AvgIpc) is 2.73. The summed E-state index contributed by atoms with van der Waals surface area (Å²) in [5, 5.41) is 9.51. The fraction of sp³-hybridized carbons (Fsp3) is 0.533. The molecule has 0 spiro atoms. The molecule has 1 aliphatic rings. The molecule has 17 heavy (non-hydrogen) atoms. The number of hydrogen-bond acceptors (Lipinski definition) is 1. The first kappa shape index (κ1) is 12.2. The minimum atomic E-state index is -0.613. The molecular formula is C15H20O2. The van der Waals surface area contributed by atoms with Crippen molar-refractivity contribution in [1.29, 1.82) is 0 Å². The Bertz CT molecular complexity index is 408. The van der Waals surface area contributed by atoms with Gasteiger partial charge in [-0.15, -0.1) is 0 Å². The van der Waals surface area contributed by atoms with Crippen LogP contribution >= 0.6 is 0 Å². The normalized spacial score (nSPS) is 18.2. The molecule has 92 valence electrons. The van der Waals surface area contributed by atoms with Crippen LogP contribution in [0.2, 0.25) is 0 Å². The van der Waals surface area contributed by atoms with Crippen molar-refractivity contribution >= 4 is 5.97 Å². The predicted octanol–water partition coefficient (Wildman–Crippen LogP) is 3.49. The maximum absolute atomic E-state index is 11.6. The Morgan fingerprint density at radius 3 is 2.24 bits per heavy atom. The predicted molar refractivity (Wildman–Crippen MR) is 68.2 cm³/mol. The molecule has 0 saturated heterocycles. The summed E-state index contributed by atoms with van der Waals surface area (Å²) in [5.41, 5.74) is 3.17. The van der Waals surface area contributed by atoms with E-state index < -0.39 is 11.4 Å². The standard InChI is InChI=1S/C15H20O2/c1-11-6-5-7-12(2)13(11)10-15(14(16)17)8-3-4-9-15/h5-7H,3-4,8-10H2,1-2H3,(H,16,17). The van der Waals surface area contributed by atoms with Crippen molar-refractivity contribution < 1.29 is 9.90 Å². The van der Waals surface area contributed by atoms with E-state index in [4.69, 9.17) is 0 Å². The average molecular weight is 232 g/mol. The molecule has 0 unspecified atom stereocenters. The van der Waals surface area contributed by atoms with Gasteiger partial charge in [0.15, 0.2) is 0 Å². The van der Waals surface area contributed by atoms with Gasteiger partial charge < -0.3 is 5.11 Å². The highest BCUT2D eigenvalue weighted by Gasteiger charge is 2.41. The van der Waals surface area contributed by atoms with Crippen molar-refractivity contribution in [2.75, 3.05) is 0 Å². The molecule has 0 aliphatic heterocycles. The molecule has 1 saturated carbocycles. The number of carbonyl (C=O) groups is 1. The summed E-state index contributed by atoms with van der Waals surface area (Å²) in [6, 6.07) is 6.19. The van der Waals surface area contributed by atoms with E-state index in [9.17, 15) is 9.90 Å². The van der Waals surface area contributed by atoms with Crippen LogP contribution < -0.4 is 0 Å². The minimum Gasteiger partial charge on any atom is -0.481 e. The van der Waals surface area contributed by atoms with Crippen LogP contribution in [0, 0.1) is 19.3 Å². The molecule has 2 nitrogen and oxygen atoms in total. The summed E-state index contributed by atoms with van der Waals surface area (Å²) in [5.74, 6) is -0.613. The molecule has 1 fully saturated rings. The van der Waals surface area contributed by atoms with Crippen LogP contribution in [0.1, 0.15) is 42.4 Å². The molecule has 0 amide bonds. The molecule has 2 heteroatoms. The summed E-state index contributed by atoms with van der Waals surface area (Å²) in [4.78, 5) is 11.6. The number of rotatable bonds is 3. The molecule has 0 heterocycles. The number of carboxylic acids is 1. The Balaban J connectivity index is 2.33. The van der Waals surface area contributed by atoms with Crippen molar-refractivity contribution in [3.63, 3.8) is 0 Å². The molecule has 2 rings (SSSR count). The van der Waals surface area contributed by atoms with Crippen LogP contribution in [-0.4, -0.2) is 11.1 Å². The van der Waals surface area contributed by atoms with Gasteiger partial charge in [-0.25, -0.2) is 0 Å². The fourth-order valence-corrected chi connectivity index (χ4v) is 2.98. The lowest BCUT2D eigenvalue weighted by atomic mass is 9.78. The Kier molecular flexibility index (Phi) is 3.23. The molecule has 0 aromatic heterocycles. The van der Waals surface area contributed by atoms with Crippen molar-refractivity contribution in [2.24, 2.45) is 5.41 Å². The molecular weight excluding hydrogens is 212 g/mol. The Labute approximate surface area is 103 Å². The maximum Gasteiger partial charge on any atom is 0.309 e. The van der Waals surface area contributed by atoms with Crippen molar-refractivity contribution in [1.82, 2.24) is 0 Å². The first-order valence-electron chi connectivity index (χ1n) is 6.34. The van der Waals surface area contributed by atoms with Gasteiger partial charge in [0.25, 0.3) is 0 Å². The van der Waals surface area contributed by atoms with Crippen LogP contribution in [0.4, 0.5) is 0 Å². The van der Waals surface area contributed by atoms with Crippen molar-refractivity contribution in [2.45, 2.75) is 46.0 Å². The van der Waals surface area contributed by atoms with Gasteiger partial charge in [0.05, 0.1) is 5.41 Å². The van der Waals surface area contributed by atoms with Crippen LogP contribution in [0.15, 0.2) is 18.2 Å². The lowest BCUT2D eigenvalue weighted by Crippen LogP contribution is -2.30. The highest BCUT2D eigenvalue weighted by atomic mass is 16.4. The van der Waals surface area contributed by atoms with E-state index in [1.54, 1.807) is 0 Å². The zero-order valence-corrected chi connectivity index (χ0v) is 10.6. The van der Waals surface area contributed by atoms with Gasteiger partial charge in [-0.1, -0.05) is 31.0 Å². The smallest absolute Gasteiger partial charge is 0.309 e. The Hall–Kier alpha value is -1.31. The van der Waals surface area contributed by atoms with E-state index in [2.05, 4.69) is 26.0 Å². The zero-order chi connectivity index (χ0) is 12.5. The van der Waals surface area contributed by atoms with E-state index in [0.29, 0.717) is 6.42 Å². The third-order valence-corrected chi connectivity index (χ3v) is 4.17. The van der Waals surface area contributed by atoms with Gasteiger partial charge in [0, 0.05) is 0 Å². The van der Waals surface area contributed by atoms with Crippen LogP contribution in [-0.2, 0) is 11.2 Å². The largest absolute Gasteiger partial charge is 0.481 e. The second-order valence-electron chi connectivity index (χ2n) is 5.34. The summed E-state index contributed by atoms with van der Waals surface area (Å²) in [6.45, 7) is 4.15. The lowest BCUT2D eigenvalue weighted by molar-refractivity contribution is -0.148. The summed E-state index contributed by atoms with van der Waals surface area (Å²) in [7, 11) is 0. The minimum absolute atomic E-state index is 0.503. The summed E-state index contributed by atoms with van der Waals surface area (Å²) < 4.78 is 0. The number of aryl methyl sites for hydroxylation is 2. The van der Waals surface area contributed by atoms with Crippen molar-refractivity contribution in [3.05, 3.63) is 34.9 Å². The van der Waals surface area contributed by atoms with Crippen LogP contribution in [0.3, 0.4) is 0 Å². The lowest BCUT2D eigenvalue weighted by Gasteiger charge is -2.25. The topological polar surface area (TPSA) is 37.3 Å². The van der Waals surface area contributed by atoms with E-state index >= 15 is 0 Å². The van der Waals surface area contributed by atoms with Gasteiger partial charge >= 0.3 is 5.97 Å². The third-order valence-electron chi connectivity index (χ3n) is 4.17. The maximum atomic E-state index is 11.6. The SMILES string of the molecule is Cc1cccc(C)c1CC1(C(=O)O)CCCC1. The molecule has 0 atom stereocenters. The molecule has 1 N–H and O–H groups in total. The van der Waals surface area contributed by atoms with E-state index in [-0.39, 0.29) is 0 Å². The zero-order valence-electron chi connectivity index (χ0n) is 10.6. The highest BCUT2D eigenvalue weighted by molar-refractivity contribution is 5.75. The first-order valence-corrected chi connectivity index (χ1v) is 6.34. The Morgan fingerprint density at radius 1 is 1.24 bits per heavy atom.